The van der Waals surface area contributed by atoms with Gasteiger partial charge in [0.05, 0.1) is 18.8 Å². The highest BCUT2D eigenvalue weighted by atomic mass is 19.4. The van der Waals surface area contributed by atoms with Gasteiger partial charge in [0.15, 0.2) is 17.3 Å². The second-order valence-corrected chi connectivity index (χ2v) is 7.39. The molecule has 182 valence electrons. The molecule has 3 rings (SSSR count). The predicted octanol–water partition coefficient (Wildman–Crippen LogP) is 4.42. The van der Waals surface area contributed by atoms with Crippen LogP contribution in [0, 0.1) is 0 Å². The highest BCUT2D eigenvalue weighted by molar-refractivity contribution is 5.67. The minimum atomic E-state index is -4.47. The smallest absolute Gasteiger partial charge is 0.417 e. The molecule has 0 atom stereocenters. The molecule has 2 heterocycles. The Labute approximate surface area is 193 Å². The number of aromatic nitrogens is 3. The SMILES string of the molecule is CCOc1nn(-c2ccc(C(F)(F)F)cn2)cc1CCCOc1ccc(CCC(=O)O)cc1O. The number of pyridine rings is 1. The van der Waals surface area contributed by atoms with Crippen LogP contribution in [-0.2, 0) is 23.8 Å². The fourth-order valence-corrected chi connectivity index (χ4v) is 3.17. The number of hydrogen-bond donors (Lipinski definition) is 2. The zero-order chi connectivity index (χ0) is 24.7. The van der Waals surface area contributed by atoms with Crippen molar-refractivity contribution in [3.63, 3.8) is 0 Å². The van der Waals surface area contributed by atoms with E-state index in [9.17, 15) is 23.1 Å². The number of halogens is 3. The molecule has 1 aromatic carbocycles. The van der Waals surface area contributed by atoms with Crippen molar-refractivity contribution >= 4 is 5.97 Å². The van der Waals surface area contributed by atoms with Crippen LogP contribution in [0.25, 0.3) is 5.82 Å². The van der Waals surface area contributed by atoms with E-state index in [1.165, 1.54) is 16.8 Å². The zero-order valence-electron chi connectivity index (χ0n) is 18.4. The Hall–Kier alpha value is -3.76. The molecule has 2 N–H and O–H groups in total. The van der Waals surface area contributed by atoms with Crippen LogP contribution < -0.4 is 9.47 Å². The lowest BCUT2D eigenvalue weighted by atomic mass is 10.1. The third-order valence-corrected chi connectivity index (χ3v) is 4.84. The first-order valence-corrected chi connectivity index (χ1v) is 10.6. The van der Waals surface area contributed by atoms with Crippen LogP contribution in [0.15, 0.2) is 42.7 Å². The van der Waals surface area contributed by atoms with Gasteiger partial charge in [0.1, 0.15) is 0 Å². The third-order valence-electron chi connectivity index (χ3n) is 4.84. The van der Waals surface area contributed by atoms with Gasteiger partial charge in [-0.2, -0.15) is 13.2 Å². The number of benzene rings is 1. The van der Waals surface area contributed by atoms with Crippen LogP contribution in [0.5, 0.6) is 17.4 Å². The number of carboxylic acid groups (broad SMARTS) is 1. The Balaban J connectivity index is 1.60. The Bertz CT molecular complexity index is 1110. The van der Waals surface area contributed by atoms with Crippen LogP contribution in [-0.4, -0.2) is 44.2 Å². The summed E-state index contributed by atoms with van der Waals surface area (Å²) in [4.78, 5) is 14.5. The van der Waals surface area contributed by atoms with Crippen LogP contribution in [0.1, 0.15) is 36.5 Å². The number of alkyl halides is 3. The maximum absolute atomic E-state index is 12.8. The predicted molar refractivity (Wildman–Crippen MR) is 115 cm³/mol. The average Bonchev–Trinajstić information content (AvgIpc) is 3.19. The van der Waals surface area contributed by atoms with Crippen molar-refractivity contribution in [1.82, 2.24) is 14.8 Å². The number of carboxylic acids is 1. The summed E-state index contributed by atoms with van der Waals surface area (Å²) in [6.07, 6.45) is -0.734. The lowest BCUT2D eigenvalue weighted by Crippen LogP contribution is -2.07. The number of carbonyl (C=O) groups is 1. The van der Waals surface area contributed by atoms with Crippen LogP contribution in [0.2, 0.25) is 0 Å². The Kier molecular flexibility index (Phi) is 7.98. The number of aryl methyl sites for hydroxylation is 2. The zero-order valence-corrected chi connectivity index (χ0v) is 18.4. The van der Waals surface area contributed by atoms with E-state index < -0.39 is 17.7 Å². The van der Waals surface area contributed by atoms with Gasteiger partial charge in [-0.25, -0.2) is 9.67 Å². The number of hydrogen-bond acceptors (Lipinski definition) is 6. The Morgan fingerprint density at radius 2 is 1.94 bits per heavy atom. The normalized spacial score (nSPS) is 11.4. The molecule has 0 unspecified atom stereocenters. The Morgan fingerprint density at radius 1 is 1.15 bits per heavy atom. The molecule has 0 aliphatic heterocycles. The molecular formula is C23H24F3N3O5. The molecule has 0 bridgehead atoms. The van der Waals surface area contributed by atoms with E-state index in [1.807, 2.05) is 0 Å². The highest BCUT2D eigenvalue weighted by Gasteiger charge is 2.30. The van der Waals surface area contributed by atoms with Gasteiger partial charge in [-0.15, -0.1) is 5.10 Å². The fourth-order valence-electron chi connectivity index (χ4n) is 3.17. The van der Waals surface area contributed by atoms with Crippen molar-refractivity contribution < 1.29 is 37.7 Å². The molecule has 0 radical (unpaired) electrons. The molecule has 2 aromatic heterocycles. The standard InChI is InChI=1S/C23H24F3N3O5/c1-2-33-22-16(14-29(28-22)20-9-7-17(13-27-20)23(24,25)26)4-3-11-34-19-8-5-15(12-18(19)30)6-10-21(31)32/h5,7-9,12-14,30H,2-4,6,10-11H2,1H3,(H,31,32). The van der Waals surface area contributed by atoms with Gasteiger partial charge < -0.3 is 19.7 Å². The van der Waals surface area contributed by atoms with Crippen LogP contribution in [0.3, 0.4) is 0 Å². The number of phenolic OH excluding ortho intramolecular Hbond substituents is 1. The van der Waals surface area contributed by atoms with Crippen molar-refractivity contribution in [2.24, 2.45) is 0 Å². The van der Waals surface area contributed by atoms with Crippen LogP contribution >= 0.6 is 0 Å². The van der Waals surface area contributed by atoms with Crippen molar-refractivity contribution in [3.05, 3.63) is 59.4 Å². The summed E-state index contributed by atoms with van der Waals surface area (Å²) in [7, 11) is 0. The summed E-state index contributed by atoms with van der Waals surface area (Å²) >= 11 is 0. The van der Waals surface area contributed by atoms with E-state index in [-0.39, 0.29) is 30.3 Å². The molecule has 0 spiro atoms. The van der Waals surface area contributed by atoms with Crippen molar-refractivity contribution in [1.29, 1.82) is 0 Å². The molecule has 3 aromatic rings. The van der Waals surface area contributed by atoms with Gasteiger partial charge >= 0.3 is 12.1 Å². The average molecular weight is 479 g/mol. The lowest BCUT2D eigenvalue weighted by Gasteiger charge is -2.09. The largest absolute Gasteiger partial charge is 0.504 e. The first-order valence-electron chi connectivity index (χ1n) is 10.6. The monoisotopic (exact) mass is 479 g/mol. The summed E-state index contributed by atoms with van der Waals surface area (Å²) < 4.78 is 50.8. The quantitative estimate of drug-likeness (QED) is 0.392. The number of nitrogens with zero attached hydrogens (tertiary/aromatic N) is 3. The molecule has 8 nitrogen and oxygen atoms in total. The maximum Gasteiger partial charge on any atom is 0.417 e. The second-order valence-electron chi connectivity index (χ2n) is 7.39. The first-order chi connectivity index (χ1) is 16.2. The molecule has 0 saturated heterocycles. The summed E-state index contributed by atoms with van der Waals surface area (Å²) in [5.41, 5.74) is 0.585. The van der Waals surface area contributed by atoms with E-state index in [2.05, 4.69) is 10.1 Å². The fraction of sp³-hybridized carbons (Fsp3) is 0.348. The van der Waals surface area contributed by atoms with E-state index in [0.29, 0.717) is 37.3 Å². The van der Waals surface area contributed by atoms with E-state index in [1.54, 1.807) is 25.3 Å². The molecular weight excluding hydrogens is 455 g/mol. The number of ether oxygens (including phenoxy) is 2. The summed E-state index contributed by atoms with van der Waals surface area (Å²) in [5, 5.41) is 23.1. The van der Waals surface area contributed by atoms with Crippen LogP contribution in [0.4, 0.5) is 13.2 Å². The van der Waals surface area contributed by atoms with Gasteiger partial charge in [0.2, 0.25) is 5.88 Å². The molecule has 0 fully saturated rings. The number of phenols is 1. The summed E-state index contributed by atoms with van der Waals surface area (Å²) in [6.45, 7) is 2.44. The van der Waals surface area contributed by atoms with Crippen molar-refractivity contribution in [2.75, 3.05) is 13.2 Å². The van der Waals surface area contributed by atoms with Gasteiger partial charge in [-0.3, -0.25) is 4.79 Å². The Morgan fingerprint density at radius 3 is 2.56 bits per heavy atom. The highest BCUT2D eigenvalue weighted by Crippen LogP contribution is 2.30. The number of aliphatic carboxylic acids is 1. The van der Waals surface area contributed by atoms with E-state index in [0.717, 1.165) is 17.8 Å². The molecule has 0 amide bonds. The van der Waals surface area contributed by atoms with Gasteiger partial charge in [0, 0.05) is 24.4 Å². The van der Waals surface area contributed by atoms with Crippen molar-refractivity contribution in [3.8, 4) is 23.2 Å². The first kappa shape index (κ1) is 24.9. The summed E-state index contributed by atoms with van der Waals surface area (Å²) in [5.74, 6) is -0.115. The number of aromatic hydroxyl groups is 1. The number of rotatable bonds is 11. The van der Waals surface area contributed by atoms with Gasteiger partial charge in [0.25, 0.3) is 0 Å². The summed E-state index contributed by atoms with van der Waals surface area (Å²) in [6, 6.07) is 6.95. The lowest BCUT2D eigenvalue weighted by molar-refractivity contribution is -0.138. The minimum absolute atomic E-state index is 0.0303. The topological polar surface area (TPSA) is 107 Å². The molecule has 0 aliphatic carbocycles. The third kappa shape index (κ3) is 6.63. The molecule has 0 aliphatic rings. The molecule has 34 heavy (non-hydrogen) atoms. The van der Waals surface area contributed by atoms with E-state index >= 15 is 0 Å². The molecule has 11 heteroatoms. The molecule has 0 saturated carbocycles. The van der Waals surface area contributed by atoms with Gasteiger partial charge in [-0.1, -0.05) is 6.07 Å². The second kappa shape index (κ2) is 10.9. The van der Waals surface area contributed by atoms with Gasteiger partial charge in [-0.05, 0) is 56.0 Å². The minimum Gasteiger partial charge on any atom is -0.504 e. The van der Waals surface area contributed by atoms with E-state index in [4.69, 9.17) is 14.6 Å². The maximum atomic E-state index is 12.8. The van der Waals surface area contributed by atoms with Crippen molar-refractivity contribution in [2.45, 2.75) is 38.8 Å².